The van der Waals surface area contributed by atoms with E-state index >= 15 is 0 Å². The third-order valence-electron chi connectivity index (χ3n) is 4.57. The minimum atomic E-state index is -0.100. The first kappa shape index (κ1) is 17.7. The molecule has 4 rings (SSSR count). The molecule has 1 N–H and O–H groups in total. The van der Waals surface area contributed by atoms with E-state index in [1.54, 1.807) is 6.07 Å². The van der Waals surface area contributed by atoms with Gasteiger partial charge in [-0.05, 0) is 37.8 Å². The molecule has 6 nitrogen and oxygen atoms in total. The number of para-hydroxylation sites is 1. The van der Waals surface area contributed by atoms with Crippen LogP contribution in [0.3, 0.4) is 0 Å². The summed E-state index contributed by atoms with van der Waals surface area (Å²) in [5.41, 5.74) is 0. The van der Waals surface area contributed by atoms with Gasteiger partial charge in [-0.1, -0.05) is 41.9 Å². The lowest BCUT2D eigenvalue weighted by atomic mass is 10.2. The molecule has 2 fully saturated rings. The highest BCUT2D eigenvalue weighted by Gasteiger charge is 2.32. The monoisotopic (exact) mass is 392 g/mol. The first-order valence-electron chi connectivity index (χ1n) is 8.98. The maximum Gasteiger partial charge on any atom is 0.233 e. The van der Waals surface area contributed by atoms with E-state index in [2.05, 4.69) is 20.1 Å². The summed E-state index contributed by atoms with van der Waals surface area (Å²) in [5.74, 6) is 1.52. The predicted octanol–water partition coefficient (Wildman–Crippen LogP) is 3.61. The minimum absolute atomic E-state index is 0.100. The number of thioether (sulfide) groups is 1. The second-order valence-electron chi connectivity index (χ2n) is 6.61. The number of aromatic nitrogens is 3. The first-order valence-corrected chi connectivity index (χ1v) is 10.2. The fourth-order valence-electron chi connectivity index (χ4n) is 3.04. The van der Waals surface area contributed by atoms with Gasteiger partial charge < -0.3 is 10.1 Å². The van der Waals surface area contributed by atoms with Crippen LogP contribution in [-0.4, -0.2) is 32.5 Å². The quantitative estimate of drug-likeness (QED) is 0.813. The number of nitrogens with zero attached hydrogens (tertiary/aromatic N) is 3. The molecule has 1 aliphatic carbocycles. The maximum atomic E-state index is 12.2. The van der Waals surface area contributed by atoms with Crippen LogP contribution in [0.1, 0.15) is 44.0 Å². The van der Waals surface area contributed by atoms with Crippen LogP contribution >= 0.6 is 23.4 Å². The number of halogens is 1. The van der Waals surface area contributed by atoms with E-state index < -0.39 is 0 Å². The van der Waals surface area contributed by atoms with Gasteiger partial charge in [-0.2, -0.15) is 0 Å². The zero-order valence-electron chi connectivity index (χ0n) is 14.4. The van der Waals surface area contributed by atoms with Crippen molar-refractivity contribution in [1.82, 2.24) is 20.1 Å². The van der Waals surface area contributed by atoms with Crippen molar-refractivity contribution >= 4 is 29.3 Å². The second-order valence-corrected chi connectivity index (χ2v) is 8.19. The zero-order chi connectivity index (χ0) is 17.9. The Kier molecular flexibility index (Phi) is 5.36. The Bertz CT molecular complexity index is 793. The van der Waals surface area contributed by atoms with Crippen LogP contribution in [0.5, 0.6) is 5.75 Å². The number of nitrogens with one attached hydrogen (secondary N) is 1. The molecule has 2 aromatic rings. The highest BCUT2D eigenvalue weighted by molar-refractivity contribution is 8.00. The Morgan fingerprint density at radius 3 is 2.88 bits per heavy atom. The Hall–Kier alpha value is -1.73. The summed E-state index contributed by atoms with van der Waals surface area (Å²) in [6.07, 6.45) is 5.19. The largest absolute Gasteiger partial charge is 0.484 e. The Morgan fingerprint density at radius 2 is 2.08 bits per heavy atom. The highest BCUT2D eigenvalue weighted by Crippen LogP contribution is 2.40. The summed E-state index contributed by atoms with van der Waals surface area (Å²) in [5, 5.41) is 13.0. The van der Waals surface area contributed by atoms with Gasteiger partial charge in [0.1, 0.15) is 12.4 Å². The number of ether oxygens (including phenoxy) is 1. The number of benzene rings is 1. The molecule has 1 amide bonds. The van der Waals surface area contributed by atoms with E-state index in [1.807, 2.05) is 18.2 Å². The van der Waals surface area contributed by atoms with E-state index in [9.17, 15) is 4.79 Å². The molecular weight excluding hydrogens is 372 g/mol. The molecule has 8 heteroatoms. The van der Waals surface area contributed by atoms with E-state index in [0.29, 0.717) is 23.4 Å². The van der Waals surface area contributed by atoms with Crippen LogP contribution < -0.4 is 10.1 Å². The SMILES string of the molecule is O=C1NCCCCC1Sc1nnc(COc2ccccc2Cl)n1C1CC1. The summed E-state index contributed by atoms with van der Waals surface area (Å²) in [7, 11) is 0. The van der Waals surface area contributed by atoms with Crippen molar-refractivity contribution in [1.29, 1.82) is 0 Å². The van der Waals surface area contributed by atoms with Crippen molar-refractivity contribution in [3.8, 4) is 5.75 Å². The van der Waals surface area contributed by atoms with Gasteiger partial charge in [-0.25, -0.2) is 0 Å². The van der Waals surface area contributed by atoms with Crippen molar-refractivity contribution < 1.29 is 9.53 Å². The summed E-state index contributed by atoms with van der Waals surface area (Å²) in [4.78, 5) is 12.2. The number of carbonyl (C=O) groups excluding carboxylic acids is 1. The van der Waals surface area contributed by atoms with Crippen molar-refractivity contribution in [3.05, 3.63) is 35.1 Å². The molecule has 1 aromatic carbocycles. The standard InChI is InChI=1S/C18H21ClN4O2S/c19-13-5-1-2-6-14(13)25-11-16-21-22-18(23(16)12-8-9-12)26-15-7-3-4-10-20-17(15)24/h1-2,5-6,12,15H,3-4,7-11H2,(H,20,24). The minimum Gasteiger partial charge on any atom is -0.484 e. The number of hydrogen-bond donors (Lipinski definition) is 1. The van der Waals surface area contributed by atoms with Crippen LogP contribution in [0.4, 0.5) is 0 Å². The van der Waals surface area contributed by atoms with Crippen LogP contribution in [0.15, 0.2) is 29.4 Å². The topological polar surface area (TPSA) is 69.0 Å². The molecule has 0 bridgehead atoms. The van der Waals surface area contributed by atoms with Crippen LogP contribution in [-0.2, 0) is 11.4 Å². The van der Waals surface area contributed by atoms with E-state index in [1.165, 1.54) is 11.8 Å². The third-order valence-corrected chi connectivity index (χ3v) is 6.11. The van der Waals surface area contributed by atoms with E-state index in [0.717, 1.165) is 49.6 Å². The van der Waals surface area contributed by atoms with Gasteiger partial charge >= 0.3 is 0 Å². The van der Waals surface area contributed by atoms with Crippen molar-refractivity contribution in [2.45, 2.75) is 55.2 Å². The zero-order valence-corrected chi connectivity index (χ0v) is 15.9. The summed E-state index contributed by atoms with van der Waals surface area (Å²) < 4.78 is 7.98. The second kappa shape index (κ2) is 7.88. The number of amides is 1. The fourth-order valence-corrected chi connectivity index (χ4v) is 4.42. The molecule has 2 heterocycles. The molecule has 1 aromatic heterocycles. The molecule has 0 radical (unpaired) electrons. The average molecular weight is 393 g/mol. The molecule has 1 aliphatic heterocycles. The Balaban J connectivity index is 1.50. The first-order chi connectivity index (χ1) is 12.7. The van der Waals surface area contributed by atoms with Crippen molar-refractivity contribution in [2.75, 3.05) is 6.54 Å². The molecule has 2 aliphatic rings. The van der Waals surface area contributed by atoms with Crippen molar-refractivity contribution in [3.63, 3.8) is 0 Å². The van der Waals surface area contributed by atoms with Gasteiger partial charge in [0.05, 0.1) is 10.3 Å². The number of rotatable bonds is 6. The Morgan fingerprint density at radius 1 is 1.23 bits per heavy atom. The summed E-state index contributed by atoms with van der Waals surface area (Å²) in [6.45, 7) is 1.08. The molecular formula is C18H21ClN4O2S. The van der Waals surface area contributed by atoms with Gasteiger partial charge in [-0.3, -0.25) is 9.36 Å². The average Bonchev–Trinajstić information content (AvgIpc) is 3.43. The maximum absolute atomic E-state index is 12.2. The van der Waals surface area contributed by atoms with Crippen LogP contribution in [0.25, 0.3) is 0 Å². The smallest absolute Gasteiger partial charge is 0.233 e. The normalized spacial score (nSPS) is 20.5. The van der Waals surface area contributed by atoms with E-state index in [4.69, 9.17) is 16.3 Å². The molecule has 1 saturated carbocycles. The lowest BCUT2D eigenvalue weighted by molar-refractivity contribution is -0.120. The van der Waals surface area contributed by atoms with Crippen LogP contribution in [0, 0.1) is 0 Å². The van der Waals surface area contributed by atoms with Gasteiger partial charge in [0.15, 0.2) is 11.0 Å². The fraction of sp³-hybridized carbons (Fsp3) is 0.500. The van der Waals surface area contributed by atoms with Crippen LogP contribution in [0.2, 0.25) is 5.02 Å². The van der Waals surface area contributed by atoms with Gasteiger partial charge in [-0.15, -0.1) is 10.2 Å². The van der Waals surface area contributed by atoms with Gasteiger partial charge in [0.2, 0.25) is 5.91 Å². The number of carbonyl (C=O) groups is 1. The predicted molar refractivity (Wildman–Crippen MR) is 101 cm³/mol. The van der Waals surface area contributed by atoms with E-state index in [-0.39, 0.29) is 11.2 Å². The highest BCUT2D eigenvalue weighted by atomic mass is 35.5. The van der Waals surface area contributed by atoms with Gasteiger partial charge in [0.25, 0.3) is 0 Å². The molecule has 26 heavy (non-hydrogen) atoms. The molecule has 1 saturated heterocycles. The van der Waals surface area contributed by atoms with Crippen molar-refractivity contribution in [2.24, 2.45) is 0 Å². The molecule has 1 atom stereocenters. The summed E-state index contributed by atoms with van der Waals surface area (Å²) in [6, 6.07) is 7.80. The lowest BCUT2D eigenvalue weighted by Crippen LogP contribution is -2.30. The third kappa shape index (κ3) is 3.99. The lowest BCUT2D eigenvalue weighted by Gasteiger charge is -2.14. The summed E-state index contributed by atoms with van der Waals surface area (Å²) >= 11 is 7.68. The number of hydrogen-bond acceptors (Lipinski definition) is 5. The molecule has 1 unspecified atom stereocenters. The molecule has 0 spiro atoms. The molecule has 138 valence electrons. The van der Waals surface area contributed by atoms with Gasteiger partial charge in [0, 0.05) is 12.6 Å². The Labute approximate surface area is 161 Å².